The third kappa shape index (κ3) is 4.80. The van der Waals surface area contributed by atoms with E-state index < -0.39 is 13.0 Å². The summed E-state index contributed by atoms with van der Waals surface area (Å²) in [7, 11) is 0. The standard InChI is InChI=1S/C5H7FO3/c1-2-3-8-5(7)9-4-6/h2H,1,3-4H2. The molecule has 3 nitrogen and oxygen atoms in total. The zero-order valence-electron chi connectivity index (χ0n) is 4.80. The van der Waals surface area contributed by atoms with Crippen LogP contribution in [0.25, 0.3) is 0 Å². The predicted octanol–water partition coefficient (Wildman–Crippen LogP) is 1.25. The summed E-state index contributed by atoms with van der Waals surface area (Å²) in [4.78, 5) is 10.1. The molecule has 0 atom stereocenters. The third-order valence-electron chi connectivity index (χ3n) is 0.491. The molecule has 0 unspecified atom stereocenters. The molecule has 4 heteroatoms. The zero-order valence-corrected chi connectivity index (χ0v) is 4.80. The summed E-state index contributed by atoms with van der Waals surface area (Å²) in [5.41, 5.74) is 0. The second-order valence-electron chi connectivity index (χ2n) is 1.10. The molecule has 0 amide bonds. The molecule has 0 saturated heterocycles. The Morgan fingerprint density at radius 1 is 1.67 bits per heavy atom. The normalized spacial score (nSPS) is 8.11. The number of rotatable bonds is 3. The lowest BCUT2D eigenvalue weighted by Crippen LogP contribution is -2.05. The highest BCUT2D eigenvalue weighted by Gasteiger charge is 1.98. The molecule has 0 aromatic rings. The highest BCUT2D eigenvalue weighted by Crippen LogP contribution is 1.84. The van der Waals surface area contributed by atoms with Gasteiger partial charge in [0.15, 0.2) is 0 Å². The van der Waals surface area contributed by atoms with E-state index in [0.717, 1.165) is 0 Å². The Labute approximate surface area is 52.1 Å². The molecule has 0 aliphatic heterocycles. The molecule has 0 aliphatic carbocycles. The van der Waals surface area contributed by atoms with Crippen LogP contribution in [0, 0.1) is 0 Å². The molecule has 0 fully saturated rings. The lowest BCUT2D eigenvalue weighted by Gasteiger charge is -1.97. The number of hydrogen-bond donors (Lipinski definition) is 0. The van der Waals surface area contributed by atoms with Crippen LogP contribution >= 0.6 is 0 Å². The first kappa shape index (κ1) is 7.94. The van der Waals surface area contributed by atoms with Crippen LogP contribution in [0.4, 0.5) is 9.18 Å². The van der Waals surface area contributed by atoms with E-state index in [0.29, 0.717) is 0 Å². The van der Waals surface area contributed by atoms with Crippen LogP contribution in [0.15, 0.2) is 12.7 Å². The quantitative estimate of drug-likeness (QED) is 0.430. The summed E-state index contributed by atoms with van der Waals surface area (Å²) >= 11 is 0. The van der Waals surface area contributed by atoms with Gasteiger partial charge in [0.2, 0.25) is 6.86 Å². The van der Waals surface area contributed by atoms with Crippen LogP contribution < -0.4 is 0 Å². The van der Waals surface area contributed by atoms with E-state index in [4.69, 9.17) is 0 Å². The van der Waals surface area contributed by atoms with Gasteiger partial charge < -0.3 is 9.47 Å². The highest BCUT2D eigenvalue weighted by atomic mass is 19.1. The number of halogens is 1. The number of carbonyl (C=O) groups excluding carboxylic acids is 1. The van der Waals surface area contributed by atoms with Crippen molar-refractivity contribution in [3.63, 3.8) is 0 Å². The molecule has 0 spiro atoms. The first-order chi connectivity index (χ1) is 4.31. The van der Waals surface area contributed by atoms with Crippen molar-refractivity contribution >= 4 is 6.16 Å². The zero-order chi connectivity index (χ0) is 7.11. The minimum absolute atomic E-state index is 0.0405. The molecule has 0 N–H and O–H groups in total. The molecule has 0 heterocycles. The maximum absolute atomic E-state index is 11.1. The minimum Gasteiger partial charge on any atom is -0.430 e. The van der Waals surface area contributed by atoms with Gasteiger partial charge in [0.25, 0.3) is 0 Å². The lowest BCUT2D eigenvalue weighted by molar-refractivity contribution is 0.0329. The molecule has 9 heavy (non-hydrogen) atoms. The van der Waals surface area contributed by atoms with Crippen molar-refractivity contribution in [2.24, 2.45) is 0 Å². The molecule has 0 aromatic carbocycles. The fraction of sp³-hybridized carbons (Fsp3) is 0.400. The summed E-state index contributed by atoms with van der Waals surface area (Å²) in [5, 5.41) is 0. The average Bonchev–Trinajstić information content (AvgIpc) is 1.85. The molecule has 0 bridgehead atoms. The fourth-order valence-electron chi connectivity index (χ4n) is 0.213. The van der Waals surface area contributed by atoms with Gasteiger partial charge >= 0.3 is 6.16 Å². The summed E-state index contributed by atoms with van der Waals surface area (Å²) < 4.78 is 19.1. The van der Waals surface area contributed by atoms with Gasteiger partial charge in [-0.05, 0) is 0 Å². The molecule has 52 valence electrons. The van der Waals surface area contributed by atoms with Gasteiger partial charge in [0.05, 0.1) is 0 Å². The number of alkyl halides is 1. The highest BCUT2D eigenvalue weighted by molar-refractivity contribution is 5.59. The number of ether oxygens (including phenoxy) is 2. The van der Waals surface area contributed by atoms with E-state index in [9.17, 15) is 9.18 Å². The van der Waals surface area contributed by atoms with Crippen molar-refractivity contribution in [1.82, 2.24) is 0 Å². The van der Waals surface area contributed by atoms with E-state index >= 15 is 0 Å². The largest absolute Gasteiger partial charge is 0.510 e. The summed E-state index contributed by atoms with van der Waals surface area (Å²) in [6, 6.07) is 0. The molecule has 0 rings (SSSR count). The van der Waals surface area contributed by atoms with Gasteiger partial charge in [-0.1, -0.05) is 12.7 Å². The van der Waals surface area contributed by atoms with Crippen molar-refractivity contribution in [1.29, 1.82) is 0 Å². The third-order valence-corrected chi connectivity index (χ3v) is 0.491. The smallest absolute Gasteiger partial charge is 0.430 e. The SMILES string of the molecule is C=CCOC(=O)OCF. The average molecular weight is 134 g/mol. The van der Waals surface area contributed by atoms with Gasteiger partial charge in [0, 0.05) is 0 Å². The van der Waals surface area contributed by atoms with Crippen LogP contribution in [0.5, 0.6) is 0 Å². The maximum Gasteiger partial charge on any atom is 0.510 e. The molecule has 0 aliphatic rings. The van der Waals surface area contributed by atoms with Crippen molar-refractivity contribution in [2.75, 3.05) is 13.5 Å². The first-order valence-electron chi connectivity index (χ1n) is 2.27. The topological polar surface area (TPSA) is 35.5 Å². The van der Waals surface area contributed by atoms with Gasteiger partial charge in [-0.2, -0.15) is 0 Å². The van der Waals surface area contributed by atoms with E-state index in [1.165, 1.54) is 6.08 Å². The van der Waals surface area contributed by atoms with Crippen LogP contribution in [0.1, 0.15) is 0 Å². The number of carbonyl (C=O) groups is 1. The van der Waals surface area contributed by atoms with E-state index in [2.05, 4.69) is 16.1 Å². The molecule has 0 radical (unpaired) electrons. The van der Waals surface area contributed by atoms with Crippen LogP contribution in [-0.2, 0) is 9.47 Å². The summed E-state index contributed by atoms with van der Waals surface area (Å²) in [6.45, 7) is 2.15. The van der Waals surface area contributed by atoms with Crippen LogP contribution in [0.3, 0.4) is 0 Å². The van der Waals surface area contributed by atoms with E-state index in [-0.39, 0.29) is 6.61 Å². The van der Waals surface area contributed by atoms with Crippen molar-refractivity contribution < 1.29 is 18.7 Å². The second kappa shape index (κ2) is 5.08. The Morgan fingerprint density at radius 2 is 2.33 bits per heavy atom. The van der Waals surface area contributed by atoms with Crippen molar-refractivity contribution in [3.8, 4) is 0 Å². The molecule has 0 saturated carbocycles. The molecular weight excluding hydrogens is 127 g/mol. The second-order valence-corrected chi connectivity index (χ2v) is 1.10. The van der Waals surface area contributed by atoms with Gasteiger partial charge in [-0.25, -0.2) is 9.18 Å². The number of hydrogen-bond acceptors (Lipinski definition) is 3. The minimum atomic E-state index is -1.16. The summed E-state index contributed by atoms with van der Waals surface area (Å²) in [6.07, 6.45) is 0.344. The van der Waals surface area contributed by atoms with Gasteiger partial charge in [-0.15, -0.1) is 0 Å². The van der Waals surface area contributed by atoms with Gasteiger partial charge in [-0.3, -0.25) is 0 Å². The Kier molecular flexibility index (Phi) is 4.49. The first-order valence-corrected chi connectivity index (χ1v) is 2.27. The monoisotopic (exact) mass is 134 g/mol. The fourth-order valence-corrected chi connectivity index (χ4v) is 0.213. The van der Waals surface area contributed by atoms with Crippen molar-refractivity contribution in [3.05, 3.63) is 12.7 Å². The molecular formula is C5H7FO3. The van der Waals surface area contributed by atoms with E-state index in [1.54, 1.807) is 0 Å². The van der Waals surface area contributed by atoms with E-state index in [1.807, 2.05) is 0 Å². The Balaban J connectivity index is 3.16. The Morgan fingerprint density at radius 3 is 2.78 bits per heavy atom. The van der Waals surface area contributed by atoms with Crippen molar-refractivity contribution in [2.45, 2.75) is 0 Å². The Bertz CT molecular complexity index is 102. The Hall–Kier alpha value is -1.06. The molecule has 0 aromatic heterocycles. The van der Waals surface area contributed by atoms with Gasteiger partial charge in [0.1, 0.15) is 6.61 Å². The summed E-state index contributed by atoms with van der Waals surface area (Å²) in [5.74, 6) is 0. The predicted molar refractivity (Wildman–Crippen MR) is 28.6 cm³/mol. The van der Waals surface area contributed by atoms with Crippen LogP contribution in [-0.4, -0.2) is 19.6 Å². The van der Waals surface area contributed by atoms with Crippen LogP contribution in [0.2, 0.25) is 0 Å². The lowest BCUT2D eigenvalue weighted by atomic mass is 10.7. The maximum atomic E-state index is 11.1.